The third-order valence-corrected chi connectivity index (χ3v) is 6.19. The van der Waals surface area contributed by atoms with Crippen LogP contribution in [0.5, 0.6) is 11.5 Å². The van der Waals surface area contributed by atoms with Crippen molar-refractivity contribution in [3.8, 4) is 22.8 Å². The summed E-state index contributed by atoms with van der Waals surface area (Å²) in [6.45, 7) is 0.943. The van der Waals surface area contributed by atoms with Gasteiger partial charge in [0.2, 0.25) is 6.79 Å². The first-order valence-corrected chi connectivity index (χ1v) is 11.0. The number of hydrogen-bond acceptors (Lipinski definition) is 6. The summed E-state index contributed by atoms with van der Waals surface area (Å²) in [4.78, 5) is 23.5. The highest BCUT2D eigenvalue weighted by atomic mass is 35.5. The van der Waals surface area contributed by atoms with Crippen molar-refractivity contribution in [2.75, 3.05) is 18.2 Å². The summed E-state index contributed by atoms with van der Waals surface area (Å²) in [5.41, 5.74) is 5.01. The van der Waals surface area contributed by atoms with E-state index in [9.17, 15) is 9.90 Å². The summed E-state index contributed by atoms with van der Waals surface area (Å²) < 4.78 is 11.0. The average Bonchev–Trinajstić information content (AvgIpc) is 3.30. The number of hydrogen-bond donors (Lipinski definition) is 1. The van der Waals surface area contributed by atoms with Crippen LogP contribution in [0.1, 0.15) is 22.3 Å². The molecule has 2 aliphatic rings. The number of carbonyl (C=O) groups is 1. The van der Waals surface area contributed by atoms with Crippen LogP contribution in [-0.4, -0.2) is 34.4 Å². The monoisotopic (exact) mass is 459 g/mol. The molecule has 6 rings (SSSR count). The number of nitrogens with zero attached hydrogens (tertiary/aromatic N) is 3. The van der Waals surface area contributed by atoms with Gasteiger partial charge in [-0.3, -0.25) is 0 Å². The van der Waals surface area contributed by atoms with E-state index in [1.165, 1.54) is 0 Å². The number of rotatable bonds is 3. The third-order valence-electron chi connectivity index (χ3n) is 5.95. The van der Waals surface area contributed by atoms with E-state index in [4.69, 9.17) is 31.0 Å². The number of benzene rings is 3. The van der Waals surface area contributed by atoms with Crippen LogP contribution in [0.3, 0.4) is 0 Å². The molecule has 7 nitrogen and oxygen atoms in total. The Morgan fingerprint density at radius 3 is 2.73 bits per heavy atom. The number of carboxylic acids is 1. The largest absolute Gasteiger partial charge is 0.478 e. The van der Waals surface area contributed by atoms with Gasteiger partial charge >= 0.3 is 5.97 Å². The fourth-order valence-corrected chi connectivity index (χ4v) is 4.58. The van der Waals surface area contributed by atoms with Gasteiger partial charge in [-0.1, -0.05) is 11.6 Å². The van der Waals surface area contributed by atoms with Gasteiger partial charge in [0.1, 0.15) is 5.69 Å². The normalized spacial score (nSPS) is 14.4. The standard InChI is InChI=1S/C25H18ClN3O4/c26-17-5-7-20-14(10-17)2-1-9-29(20)24-23(15-4-8-21-22(12-15)33-13-32-21)27-18-6-3-16(25(30)31)11-19(18)28-24/h3-8,10-12H,1-2,9,13H2,(H,30,31). The molecule has 164 valence electrons. The van der Waals surface area contributed by atoms with Crippen LogP contribution >= 0.6 is 11.6 Å². The Labute approximate surface area is 194 Å². The van der Waals surface area contributed by atoms with E-state index in [0.717, 1.165) is 36.2 Å². The molecule has 0 unspecified atom stereocenters. The van der Waals surface area contributed by atoms with Crippen LogP contribution in [0.2, 0.25) is 5.02 Å². The van der Waals surface area contributed by atoms with E-state index in [1.54, 1.807) is 18.2 Å². The molecule has 3 heterocycles. The zero-order valence-corrected chi connectivity index (χ0v) is 18.2. The number of halogens is 1. The quantitative estimate of drug-likeness (QED) is 0.435. The fourth-order valence-electron chi connectivity index (χ4n) is 4.39. The second-order valence-corrected chi connectivity index (χ2v) is 8.44. The Bertz CT molecular complexity index is 1440. The molecule has 0 bridgehead atoms. The van der Waals surface area contributed by atoms with Gasteiger partial charge in [0.15, 0.2) is 17.3 Å². The molecule has 2 aliphatic heterocycles. The van der Waals surface area contributed by atoms with Crippen molar-refractivity contribution < 1.29 is 19.4 Å². The van der Waals surface area contributed by atoms with Gasteiger partial charge in [-0.25, -0.2) is 14.8 Å². The lowest BCUT2D eigenvalue weighted by Gasteiger charge is -2.31. The number of fused-ring (bicyclic) bond motifs is 3. The molecule has 8 heteroatoms. The fraction of sp³-hybridized carbons (Fsp3) is 0.160. The summed E-state index contributed by atoms with van der Waals surface area (Å²) in [5.74, 6) is 1.01. The Kier molecular flexibility index (Phi) is 4.58. The van der Waals surface area contributed by atoms with Gasteiger partial charge in [0.05, 0.1) is 16.6 Å². The van der Waals surface area contributed by atoms with E-state index in [1.807, 2.05) is 36.4 Å². The maximum atomic E-state index is 11.5. The van der Waals surface area contributed by atoms with Crippen molar-refractivity contribution in [2.24, 2.45) is 0 Å². The Morgan fingerprint density at radius 1 is 0.970 bits per heavy atom. The van der Waals surface area contributed by atoms with Crippen LogP contribution < -0.4 is 14.4 Å². The summed E-state index contributed by atoms with van der Waals surface area (Å²) in [6, 6.07) is 16.4. The summed E-state index contributed by atoms with van der Waals surface area (Å²) >= 11 is 6.25. The summed E-state index contributed by atoms with van der Waals surface area (Å²) in [5, 5.41) is 10.1. The van der Waals surface area contributed by atoms with Crippen molar-refractivity contribution >= 4 is 40.1 Å². The number of aromatic carboxylic acids is 1. The van der Waals surface area contributed by atoms with E-state index >= 15 is 0 Å². The number of ether oxygens (including phenoxy) is 2. The first-order valence-electron chi connectivity index (χ1n) is 10.6. The zero-order valence-electron chi connectivity index (χ0n) is 17.4. The molecule has 0 radical (unpaired) electrons. The zero-order chi connectivity index (χ0) is 22.5. The molecule has 0 aliphatic carbocycles. The Morgan fingerprint density at radius 2 is 1.85 bits per heavy atom. The van der Waals surface area contributed by atoms with Gasteiger partial charge < -0.3 is 19.5 Å². The van der Waals surface area contributed by atoms with Gasteiger partial charge in [0.25, 0.3) is 0 Å². The van der Waals surface area contributed by atoms with Crippen LogP contribution in [0.4, 0.5) is 11.5 Å². The van der Waals surface area contributed by atoms with Crippen molar-refractivity contribution in [3.05, 3.63) is 70.7 Å². The van der Waals surface area contributed by atoms with Crippen LogP contribution in [-0.2, 0) is 6.42 Å². The van der Waals surface area contributed by atoms with Crippen LogP contribution in [0, 0.1) is 0 Å². The van der Waals surface area contributed by atoms with Gasteiger partial charge in [-0.2, -0.15) is 0 Å². The highest BCUT2D eigenvalue weighted by molar-refractivity contribution is 6.30. The molecule has 1 aromatic heterocycles. The van der Waals surface area contributed by atoms with Crippen LogP contribution in [0.25, 0.3) is 22.3 Å². The molecule has 0 spiro atoms. The van der Waals surface area contributed by atoms with Crippen molar-refractivity contribution in [2.45, 2.75) is 12.8 Å². The lowest BCUT2D eigenvalue weighted by atomic mass is 10.0. The lowest BCUT2D eigenvalue weighted by Crippen LogP contribution is -2.26. The van der Waals surface area contributed by atoms with E-state index in [2.05, 4.69) is 4.90 Å². The number of aromatic nitrogens is 2. The highest BCUT2D eigenvalue weighted by Crippen LogP contribution is 2.42. The minimum Gasteiger partial charge on any atom is -0.478 e. The minimum absolute atomic E-state index is 0.171. The molecule has 4 aromatic rings. The van der Waals surface area contributed by atoms with E-state index in [0.29, 0.717) is 39.1 Å². The van der Waals surface area contributed by atoms with E-state index < -0.39 is 5.97 Å². The second-order valence-electron chi connectivity index (χ2n) is 8.00. The molecule has 0 amide bonds. The predicted molar refractivity (Wildman–Crippen MR) is 125 cm³/mol. The highest BCUT2D eigenvalue weighted by Gasteiger charge is 2.25. The molecule has 3 aromatic carbocycles. The summed E-state index contributed by atoms with van der Waals surface area (Å²) in [6.07, 6.45) is 1.86. The molecule has 0 atom stereocenters. The molecule has 0 saturated heterocycles. The maximum absolute atomic E-state index is 11.5. The number of carboxylic acid groups (broad SMARTS) is 1. The molecule has 33 heavy (non-hydrogen) atoms. The molecule has 1 N–H and O–H groups in total. The van der Waals surface area contributed by atoms with Gasteiger partial charge in [-0.15, -0.1) is 0 Å². The SMILES string of the molecule is O=C(O)c1ccc2nc(-c3ccc4c(c3)OCO4)c(N3CCCc4cc(Cl)ccc43)nc2c1. The first kappa shape index (κ1) is 19.8. The van der Waals surface area contributed by atoms with Crippen molar-refractivity contribution in [1.82, 2.24) is 9.97 Å². The Balaban J connectivity index is 1.59. The average molecular weight is 460 g/mol. The second kappa shape index (κ2) is 7.64. The third kappa shape index (κ3) is 3.41. The molecular weight excluding hydrogens is 442 g/mol. The summed E-state index contributed by atoms with van der Waals surface area (Å²) in [7, 11) is 0. The molecular formula is C25H18ClN3O4. The van der Waals surface area contributed by atoms with Crippen molar-refractivity contribution in [1.29, 1.82) is 0 Å². The molecule has 0 saturated carbocycles. The number of anilines is 2. The topological polar surface area (TPSA) is 84.8 Å². The van der Waals surface area contributed by atoms with Crippen molar-refractivity contribution in [3.63, 3.8) is 0 Å². The maximum Gasteiger partial charge on any atom is 0.335 e. The minimum atomic E-state index is -1.00. The number of aryl methyl sites for hydroxylation is 1. The van der Waals surface area contributed by atoms with Gasteiger partial charge in [-0.05, 0) is 73.0 Å². The predicted octanol–water partition coefficient (Wildman–Crippen LogP) is 5.46. The van der Waals surface area contributed by atoms with Gasteiger partial charge in [0, 0.05) is 22.8 Å². The molecule has 0 fully saturated rings. The van der Waals surface area contributed by atoms with Crippen LogP contribution in [0.15, 0.2) is 54.6 Å². The Hall–Kier alpha value is -3.84. The lowest BCUT2D eigenvalue weighted by molar-refractivity contribution is 0.0697. The first-order chi connectivity index (χ1) is 16.1. The smallest absolute Gasteiger partial charge is 0.335 e. The van der Waals surface area contributed by atoms with E-state index in [-0.39, 0.29) is 12.4 Å².